The fraction of sp³-hybridized carbons (Fsp3) is 0.562. The molecule has 28 heavy (non-hydrogen) atoms. The van der Waals surface area contributed by atoms with E-state index in [1.54, 1.807) is 17.1 Å². The van der Waals surface area contributed by atoms with Gasteiger partial charge in [-0.3, -0.25) is 9.58 Å². The zero-order valence-electron chi connectivity index (χ0n) is 15.8. The van der Waals surface area contributed by atoms with Gasteiger partial charge in [-0.25, -0.2) is 13.4 Å². The number of hydrogen-bond acceptors (Lipinski definition) is 8. The van der Waals surface area contributed by atoms with Crippen LogP contribution >= 0.6 is 20.8 Å². The smallest absolute Gasteiger partial charge is 0.229 e. The molecule has 3 atom stereocenters. The molecule has 1 saturated heterocycles. The highest BCUT2D eigenvalue weighted by Crippen LogP contribution is 2.26. The van der Waals surface area contributed by atoms with Gasteiger partial charge in [-0.2, -0.15) is 10.1 Å². The van der Waals surface area contributed by atoms with Gasteiger partial charge in [0, 0.05) is 45.2 Å². The van der Waals surface area contributed by atoms with Gasteiger partial charge in [0.1, 0.15) is 14.9 Å². The summed E-state index contributed by atoms with van der Waals surface area (Å²) in [5.74, 6) is 1.12. The van der Waals surface area contributed by atoms with Gasteiger partial charge in [-0.15, -0.1) is 9.24 Å². The fourth-order valence-electron chi connectivity index (χ4n) is 3.17. The van der Waals surface area contributed by atoms with Crippen LogP contribution in [0.1, 0.15) is 6.42 Å². The molecule has 0 aliphatic carbocycles. The Morgan fingerprint density at radius 2 is 2.18 bits per heavy atom. The summed E-state index contributed by atoms with van der Waals surface area (Å²) in [5, 5.41) is 10.9. The third-order valence-electron chi connectivity index (χ3n) is 4.52. The van der Waals surface area contributed by atoms with Gasteiger partial charge in [-0.05, 0) is 12.1 Å². The summed E-state index contributed by atoms with van der Waals surface area (Å²) in [6.07, 6.45) is 7.28. The highest BCUT2D eigenvalue weighted by atomic mass is 35.5. The highest BCUT2D eigenvalue weighted by molar-refractivity contribution is 7.90. The number of hydrogen-bond donors (Lipinski definition) is 2. The van der Waals surface area contributed by atoms with Crippen LogP contribution in [0.2, 0.25) is 5.02 Å². The summed E-state index contributed by atoms with van der Waals surface area (Å²) in [7, 11) is 1.68. The molecule has 0 aromatic carbocycles. The zero-order valence-corrected chi connectivity index (χ0v) is 18.6. The Morgan fingerprint density at radius 3 is 2.86 bits per heavy atom. The van der Waals surface area contributed by atoms with Gasteiger partial charge in [0.15, 0.2) is 5.82 Å². The Balaban J connectivity index is 1.63. The van der Waals surface area contributed by atoms with E-state index in [1.165, 1.54) is 6.26 Å². The molecule has 2 aromatic rings. The average molecular weight is 446 g/mol. The van der Waals surface area contributed by atoms with Crippen LogP contribution in [0.25, 0.3) is 0 Å². The van der Waals surface area contributed by atoms with Crippen LogP contribution in [0, 0.1) is 0 Å². The second kappa shape index (κ2) is 8.90. The lowest BCUT2D eigenvalue weighted by atomic mass is 10.2. The zero-order chi connectivity index (χ0) is 20.3. The van der Waals surface area contributed by atoms with Crippen LogP contribution < -0.4 is 10.6 Å². The number of nitrogens with zero attached hydrogens (tertiary/aromatic N) is 5. The van der Waals surface area contributed by atoms with E-state index >= 15 is 0 Å². The molecular formula is C16H25ClN7O2PS. The molecule has 0 bridgehead atoms. The molecule has 1 fully saturated rings. The molecule has 1 unspecified atom stereocenters. The molecule has 3 rings (SSSR count). The van der Waals surface area contributed by atoms with Crippen LogP contribution in [0.15, 0.2) is 18.6 Å². The molecule has 3 heterocycles. The first-order valence-electron chi connectivity index (χ1n) is 8.89. The van der Waals surface area contributed by atoms with Gasteiger partial charge in [0.2, 0.25) is 5.95 Å². The lowest BCUT2D eigenvalue weighted by molar-refractivity contribution is 0.278. The van der Waals surface area contributed by atoms with E-state index in [2.05, 4.69) is 39.8 Å². The minimum atomic E-state index is -2.99. The summed E-state index contributed by atoms with van der Waals surface area (Å²) in [6, 6.07) is 0.213. The molecule has 9 nitrogen and oxygen atoms in total. The van der Waals surface area contributed by atoms with Gasteiger partial charge in [0.25, 0.3) is 0 Å². The number of halogens is 1. The lowest BCUT2D eigenvalue weighted by Gasteiger charge is -2.24. The monoisotopic (exact) mass is 445 g/mol. The van der Waals surface area contributed by atoms with Crippen molar-refractivity contribution in [1.29, 1.82) is 0 Å². The van der Waals surface area contributed by atoms with Crippen molar-refractivity contribution in [1.82, 2.24) is 24.6 Å². The van der Waals surface area contributed by atoms with Gasteiger partial charge < -0.3 is 10.6 Å². The maximum atomic E-state index is 11.5. The summed E-state index contributed by atoms with van der Waals surface area (Å²) in [5.41, 5.74) is 1.22. The average Bonchev–Trinajstić information content (AvgIpc) is 3.18. The standard InChI is InChI=1S/C16H25ClN7O2PS/c1-23-9-11(6-20-23)21-16-19-8-14(17)15(22-16)18-7-12-5-13(27)10-24(12)3-4-28(2,25)26/h6,8-9,12-13H,3-5,7,10,27H2,1-2H3,(H2,18,19,21,22)/t12-,13-/m0/s1. The third kappa shape index (κ3) is 6.01. The van der Waals surface area contributed by atoms with Crippen LogP contribution in [-0.2, 0) is 16.9 Å². The molecule has 0 saturated carbocycles. The van der Waals surface area contributed by atoms with Crippen LogP contribution in [-0.4, -0.2) is 76.4 Å². The molecule has 1 aliphatic rings. The van der Waals surface area contributed by atoms with Crippen molar-refractivity contribution in [3.8, 4) is 0 Å². The number of aryl methyl sites for hydroxylation is 1. The molecule has 12 heteroatoms. The van der Waals surface area contributed by atoms with Gasteiger partial charge in [0.05, 0.1) is 23.8 Å². The van der Waals surface area contributed by atoms with Crippen molar-refractivity contribution in [2.75, 3.05) is 42.3 Å². The number of anilines is 3. The number of nitrogens with one attached hydrogen (secondary N) is 2. The van der Waals surface area contributed by atoms with Crippen molar-refractivity contribution in [2.45, 2.75) is 18.1 Å². The summed E-state index contributed by atoms with van der Waals surface area (Å²) in [6.45, 7) is 2.01. The maximum absolute atomic E-state index is 11.5. The first kappa shape index (κ1) is 21.2. The van der Waals surface area contributed by atoms with E-state index in [-0.39, 0.29) is 11.8 Å². The van der Waals surface area contributed by atoms with E-state index in [4.69, 9.17) is 11.6 Å². The first-order chi connectivity index (χ1) is 13.2. The van der Waals surface area contributed by atoms with Crippen molar-refractivity contribution in [2.24, 2.45) is 7.05 Å². The van der Waals surface area contributed by atoms with Crippen LogP contribution in [0.3, 0.4) is 0 Å². The number of sulfone groups is 1. The number of rotatable bonds is 8. The van der Waals surface area contributed by atoms with E-state index in [9.17, 15) is 8.42 Å². The molecule has 154 valence electrons. The molecule has 2 aromatic heterocycles. The maximum Gasteiger partial charge on any atom is 0.229 e. The van der Waals surface area contributed by atoms with E-state index in [0.717, 1.165) is 18.7 Å². The topological polar surface area (TPSA) is 105 Å². The second-order valence-electron chi connectivity index (χ2n) is 7.07. The minimum absolute atomic E-state index is 0.161. The predicted octanol–water partition coefficient (Wildman–Crippen LogP) is 1.38. The van der Waals surface area contributed by atoms with Gasteiger partial charge >= 0.3 is 0 Å². The predicted molar refractivity (Wildman–Crippen MR) is 115 cm³/mol. The highest BCUT2D eigenvalue weighted by Gasteiger charge is 2.30. The lowest BCUT2D eigenvalue weighted by Crippen LogP contribution is -2.38. The summed E-state index contributed by atoms with van der Waals surface area (Å²) >= 11 is 6.25. The van der Waals surface area contributed by atoms with E-state index in [1.807, 2.05) is 13.2 Å². The number of aromatic nitrogens is 4. The third-order valence-corrected chi connectivity index (χ3v) is 6.20. The number of likely N-dealkylation sites (tertiary alicyclic amines) is 1. The quantitative estimate of drug-likeness (QED) is 0.587. The van der Waals surface area contributed by atoms with Crippen molar-refractivity contribution in [3.63, 3.8) is 0 Å². The minimum Gasteiger partial charge on any atom is -0.367 e. The molecule has 0 spiro atoms. The Kier molecular flexibility index (Phi) is 6.75. The largest absolute Gasteiger partial charge is 0.367 e. The van der Waals surface area contributed by atoms with Crippen molar-refractivity contribution >= 4 is 48.1 Å². The van der Waals surface area contributed by atoms with Crippen molar-refractivity contribution < 1.29 is 8.42 Å². The van der Waals surface area contributed by atoms with E-state index in [0.29, 0.717) is 35.5 Å². The molecule has 0 radical (unpaired) electrons. The molecule has 2 N–H and O–H groups in total. The van der Waals surface area contributed by atoms with Gasteiger partial charge in [-0.1, -0.05) is 11.6 Å². The van der Waals surface area contributed by atoms with Crippen LogP contribution in [0.4, 0.5) is 17.5 Å². The molecule has 1 aliphatic heterocycles. The Labute approximate surface area is 172 Å². The Bertz CT molecular complexity index is 923. The Hall–Kier alpha value is -1.48. The summed E-state index contributed by atoms with van der Waals surface area (Å²) < 4.78 is 24.7. The van der Waals surface area contributed by atoms with E-state index < -0.39 is 9.84 Å². The molecular weight excluding hydrogens is 421 g/mol. The normalized spacial score (nSPS) is 20.4. The fourth-order valence-corrected chi connectivity index (χ4v) is 4.48. The molecule has 0 amide bonds. The first-order valence-corrected chi connectivity index (χ1v) is 12.0. The Morgan fingerprint density at radius 1 is 1.39 bits per heavy atom. The van der Waals surface area contributed by atoms with Crippen LogP contribution in [0.5, 0.6) is 0 Å². The summed E-state index contributed by atoms with van der Waals surface area (Å²) in [4.78, 5) is 10.8. The SMILES string of the molecule is Cn1cc(Nc2ncc(Cl)c(NC[C@@H]3C[C@H](P)CN3CCS(C)(=O)=O)n2)cn1. The second-order valence-corrected chi connectivity index (χ2v) is 10.7. The van der Waals surface area contributed by atoms with Crippen molar-refractivity contribution in [3.05, 3.63) is 23.6 Å².